The molecule has 1 aliphatic rings. The van der Waals surface area contributed by atoms with Gasteiger partial charge in [0.05, 0.1) is 18.2 Å². The van der Waals surface area contributed by atoms with Gasteiger partial charge in [0, 0.05) is 41.3 Å². The van der Waals surface area contributed by atoms with Crippen LogP contribution < -0.4 is 5.43 Å². The Balaban J connectivity index is 1.93. The predicted octanol–water partition coefficient (Wildman–Crippen LogP) is 2.51. The molecule has 0 bridgehead atoms. The van der Waals surface area contributed by atoms with Gasteiger partial charge in [0.1, 0.15) is 0 Å². The molecule has 1 fully saturated rings. The molecule has 3 rings (SSSR count). The van der Waals surface area contributed by atoms with Gasteiger partial charge in [-0.25, -0.2) is 0 Å². The lowest BCUT2D eigenvalue weighted by atomic mass is 10.1. The Labute approximate surface area is 125 Å². The van der Waals surface area contributed by atoms with E-state index >= 15 is 0 Å². The summed E-state index contributed by atoms with van der Waals surface area (Å²) in [5.74, 6) is 0. The monoisotopic (exact) mass is 336 g/mol. The Morgan fingerprint density at radius 1 is 1.50 bits per heavy atom. The molecule has 5 heteroatoms. The number of nitrogens with one attached hydrogen (secondary N) is 1. The summed E-state index contributed by atoms with van der Waals surface area (Å²) in [7, 11) is 0. The van der Waals surface area contributed by atoms with Crippen molar-refractivity contribution in [1.29, 1.82) is 0 Å². The minimum absolute atomic E-state index is 0.110. The number of H-pyrrole nitrogens is 1. The van der Waals surface area contributed by atoms with E-state index in [1.54, 1.807) is 0 Å². The molecule has 1 N–H and O–H groups in total. The zero-order chi connectivity index (χ0) is 14.1. The van der Waals surface area contributed by atoms with E-state index in [0.29, 0.717) is 6.54 Å². The SMILES string of the molecule is C[C@@H]1CN(Cc2c[nH]c3c(Br)cccc3c2=O)CCO1. The fraction of sp³-hybridized carbons (Fsp3) is 0.400. The number of ether oxygens (including phenoxy) is 1. The summed E-state index contributed by atoms with van der Waals surface area (Å²) in [5.41, 5.74) is 1.78. The Bertz CT molecular complexity index is 683. The number of rotatable bonds is 2. The van der Waals surface area contributed by atoms with Crippen LogP contribution in [0.4, 0.5) is 0 Å². The third-order valence-electron chi connectivity index (χ3n) is 3.66. The average molecular weight is 337 g/mol. The molecule has 0 spiro atoms. The van der Waals surface area contributed by atoms with Crippen LogP contribution in [0, 0.1) is 0 Å². The third-order valence-corrected chi connectivity index (χ3v) is 4.32. The largest absolute Gasteiger partial charge is 0.376 e. The molecular formula is C15H17BrN2O2. The zero-order valence-corrected chi connectivity index (χ0v) is 12.9. The normalized spacial score (nSPS) is 20.4. The van der Waals surface area contributed by atoms with Gasteiger partial charge < -0.3 is 9.72 Å². The number of fused-ring (bicyclic) bond motifs is 1. The van der Waals surface area contributed by atoms with E-state index in [1.165, 1.54) is 0 Å². The molecule has 0 radical (unpaired) electrons. The summed E-state index contributed by atoms with van der Waals surface area (Å²) < 4.78 is 6.44. The topological polar surface area (TPSA) is 45.3 Å². The van der Waals surface area contributed by atoms with Gasteiger partial charge in [0.25, 0.3) is 0 Å². The third kappa shape index (κ3) is 2.66. The van der Waals surface area contributed by atoms with E-state index in [0.717, 1.165) is 40.6 Å². The number of pyridine rings is 1. The molecule has 0 amide bonds. The van der Waals surface area contributed by atoms with Crippen molar-refractivity contribution in [2.45, 2.75) is 19.6 Å². The minimum atomic E-state index is 0.110. The fourth-order valence-electron chi connectivity index (χ4n) is 2.65. The van der Waals surface area contributed by atoms with Gasteiger partial charge in [-0.3, -0.25) is 9.69 Å². The van der Waals surface area contributed by atoms with Gasteiger partial charge >= 0.3 is 0 Å². The molecule has 1 aliphatic heterocycles. The highest BCUT2D eigenvalue weighted by molar-refractivity contribution is 9.10. The number of morpholine rings is 1. The van der Waals surface area contributed by atoms with Crippen molar-refractivity contribution in [1.82, 2.24) is 9.88 Å². The van der Waals surface area contributed by atoms with E-state index in [4.69, 9.17) is 4.74 Å². The Kier molecular flexibility index (Phi) is 3.92. The van der Waals surface area contributed by atoms with Crippen LogP contribution in [-0.2, 0) is 11.3 Å². The first-order valence-electron chi connectivity index (χ1n) is 6.78. The number of hydrogen-bond donors (Lipinski definition) is 1. The fourth-order valence-corrected chi connectivity index (χ4v) is 3.13. The number of hydrogen-bond acceptors (Lipinski definition) is 3. The number of benzene rings is 1. The van der Waals surface area contributed by atoms with Crippen molar-refractivity contribution in [3.05, 3.63) is 44.7 Å². The van der Waals surface area contributed by atoms with Gasteiger partial charge in [-0.2, -0.15) is 0 Å². The van der Waals surface area contributed by atoms with Crippen molar-refractivity contribution < 1.29 is 4.74 Å². The molecule has 106 valence electrons. The molecule has 1 saturated heterocycles. The smallest absolute Gasteiger partial charge is 0.193 e. The molecular weight excluding hydrogens is 320 g/mol. The van der Waals surface area contributed by atoms with Crippen molar-refractivity contribution >= 4 is 26.8 Å². The Morgan fingerprint density at radius 2 is 2.35 bits per heavy atom. The number of nitrogens with zero attached hydrogens (tertiary/aromatic N) is 1. The maximum absolute atomic E-state index is 12.5. The van der Waals surface area contributed by atoms with Crippen molar-refractivity contribution in [2.75, 3.05) is 19.7 Å². The van der Waals surface area contributed by atoms with Gasteiger partial charge in [-0.1, -0.05) is 6.07 Å². The first-order chi connectivity index (χ1) is 9.65. The molecule has 1 atom stereocenters. The quantitative estimate of drug-likeness (QED) is 0.916. The van der Waals surface area contributed by atoms with Gasteiger partial charge in [-0.15, -0.1) is 0 Å². The van der Waals surface area contributed by atoms with Gasteiger partial charge in [0.15, 0.2) is 5.43 Å². The zero-order valence-electron chi connectivity index (χ0n) is 11.4. The molecule has 0 aliphatic carbocycles. The second-order valence-corrected chi connectivity index (χ2v) is 6.08. The summed E-state index contributed by atoms with van der Waals surface area (Å²) in [6.45, 7) is 5.22. The molecule has 2 aromatic rings. The van der Waals surface area contributed by atoms with Crippen LogP contribution in [0.15, 0.2) is 33.7 Å². The number of para-hydroxylation sites is 1. The molecule has 20 heavy (non-hydrogen) atoms. The molecule has 2 heterocycles. The lowest BCUT2D eigenvalue weighted by Gasteiger charge is -2.30. The highest BCUT2D eigenvalue weighted by Gasteiger charge is 2.18. The number of aromatic amines is 1. The summed E-state index contributed by atoms with van der Waals surface area (Å²) in [6.07, 6.45) is 2.06. The predicted molar refractivity (Wildman–Crippen MR) is 83.0 cm³/mol. The van der Waals surface area contributed by atoms with Gasteiger partial charge in [-0.05, 0) is 35.0 Å². The molecule has 1 aromatic carbocycles. The van der Waals surface area contributed by atoms with Crippen LogP contribution in [0.5, 0.6) is 0 Å². The van der Waals surface area contributed by atoms with Crippen LogP contribution in [-0.4, -0.2) is 35.7 Å². The summed E-state index contributed by atoms with van der Waals surface area (Å²) in [5, 5.41) is 0.734. The van der Waals surface area contributed by atoms with E-state index in [-0.39, 0.29) is 11.5 Å². The summed E-state index contributed by atoms with van der Waals surface area (Å²) in [6, 6.07) is 5.69. The van der Waals surface area contributed by atoms with Gasteiger partial charge in [0.2, 0.25) is 0 Å². The van der Waals surface area contributed by atoms with E-state index in [2.05, 4.69) is 32.7 Å². The van der Waals surface area contributed by atoms with Crippen molar-refractivity contribution in [3.63, 3.8) is 0 Å². The van der Waals surface area contributed by atoms with Crippen LogP contribution in [0.25, 0.3) is 10.9 Å². The van der Waals surface area contributed by atoms with E-state index in [1.807, 2.05) is 24.4 Å². The second kappa shape index (κ2) is 5.68. The molecule has 0 unspecified atom stereocenters. The van der Waals surface area contributed by atoms with Crippen molar-refractivity contribution in [2.24, 2.45) is 0 Å². The maximum atomic E-state index is 12.5. The molecule has 4 nitrogen and oxygen atoms in total. The highest BCUT2D eigenvalue weighted by Crippen LogP contribution is 2.19. The summed E-state index contributed by atoms with van der Waals surface area (Å²) in [4.78, 5) is 18.0. The first-order valence-corrected chi connectivity index (χ1v) is 7.57. The maximum Gasteiger partial charge on any atom is 0.193 e. The van der Waals surface area contributed by atoms with Crippen LogP contribution in [0.3, 0.4) is 0 Å². The van der Waals surface area contributed by atoms with Crippen LogP contribution in [0.2, 0.25) is 0 Å². The average Bonchev–Trinajstić information content (AvgIpc) is 2.43. The number of halogens is 1. The molecule has 1 aromatic heterocycles. The van der Waals surface area contributed by atoms with Crippen LogP contribution in [0.1, 0.15) is 12.5 Å². The molecule has 0 saturated carbocycles. The first kappa shape index (κ1) is 13.8. The Morgan fingerprint density at radius 3 is 3.15 bits per heavy atom. The lowest BCUT2D eigenvalue weighted by Crippen LogP contribution is -2.41. The minimum Gasteiger partial charge on any atom is -0.376 e. The second-order valence-electron chi connectivity index (χ2n) is 5.22. The van der Waals surface area contributed by atoms with Crippen LogP contribution >= 0.6 is 15.9 Å². The summed E-state index contributed by atoms with van der Waals surface area (Å²) >= 11 is 3.46. The van der Waals surface area contributed by atoms with E-state index < -0.39 is 0 Å². The standard InChI is InChI=1S/C15H17BrN2O2/c1-10-8-18(5-6-20-10)9-11-7-17-14-12(15(11)19)3-2-4-13(14)16/h2-4,7,10H,5-6,8-9H2,1H3,(H,17,19)/t10-/m1/s1. The van der Waals surface area contributed by atoms with Crippen molar-refractivity contribution in [3.8, 4) is 0 Å². The number of aromatic nitrogens is 1. The highest BCUT2D eigenvalue weighted by atomic mass is 79.9. The Hall–Kier alpha value is -1.17. The lowest BCUT2D eigenvalue weighted by molar-refractivity contribution is -0.0213. The van der Waals surface area contributed by atoms with E-state index in [9.17, 15) is 4.79 Å².